The average molecular weight is 230 g/mol. The van der Waals surface area contributed by atoms with E-state index in [0.29, 0.717) is 6.04 Å². The summed E-state index contributed by atoms with van der Waals surface area (Å²) in [4.78, 5) is 5.79. The van der Waals surface area contributed by atoms with Crippen LogP contribution in [0.1, 0.15) is 24.4 Å². The minimum Gasteiger partial charge on any atom is -0.497 e. The highest BCUT2D eigenvalue weighted by Crippen LogP contribution is 2.35. The van der Waals surface area contributed by atoms with E-state index in [0.717, 1.165) is 5.75 Å². The van der Waals surface area contributed by atoms with Crippen LogP contribution in [-0.2, 0) is 0 Å². The van der Waals surface area contributed by atoms with Crippen LogP contribution in [0.15, 0.2) is 24.4 Å². The molecule has 3 rings (SSSR count). The Kier molecular flexibility index (Phi) is 2.56. The summed E-state index contributed by atoms with van der Waals surface area (Å²) >= 11 is 0. The highest BCUT2D eigenvalue weighted by molar-refractivity contribution is 5.85. The number of likely N-dealkylation sites (tertiary alicyclic amines) is 1. The van der Waals surface area contributed by atoms with Crippen LogP contribution in [0, 0.1) is 0 Å². The van der Waals surface area contributed by atoms with Crippen molar-refractivity contribution in [1.82, 2.24) is 9.88 Å². The van der Waals surface area contributed by atoms with Gasteiger partial charge in [0.15, 0.2) is 0 Å². The molecule has 1 atom stereocenters. The molecule has 17 heavy (non-hydrogen) atoms. The molecule has 0 unspecified atom stereocenters. The van der Waals surface area contributed by atoms with Crippen LogP contribution in [0.3, 0.4) is 0 Å². The SMILES string of the molecule is COc1ccc2[nH]cc([C@@H]3CCCN3C)c2c1. The van der Waals surface area contributed by atoms with Crippen LogP contribution in [0.2, 0.25) is 0 Å². The summed E-state index contributed by atoms with van der Waals surface area (Å²) in [5.74, 6) is 0.930. The predicted octanol–water partition coefficient (Wildman–Crippen LogP) is 2.94. The van der Waals surface area contributed by atoms with Crippen molar-refractivity contribution in [2.75, 3.05) is 20.7 Å². The molecule has 0 bridgehead atoms. The quantitative estimate of drug-likeness (QED) is 0.859. The molecule has 90 valence electrons. The minimum atomic E-state index is 0.552. The van der Waals surface area contributed by atoms with E-state index >= 15 is 0 Å². The molecule has 3 heteroatoms. The lowest BCUT2D eigenvalue weighted by Gasteiger charge is -2.18. The van der Waals surface area contributed by atoms with Crippen molar-refractivity contribution in [2.45, 2.75) is 18.9 Å². The van der Waals surface area contributed by atoms with Gasteiger partial charge in [-0.25, -0.2) is 0 Å². The fraction of sp³-hybridized carbons (Fsp3) is 0.429. The predicted molar refractivity (Wildman–Crippen MR) is 69.5 cm³/mol. The monoisotopic (exact) mass is 230 g/mol. The lowest BCUT2D eigenvalue weighted by Crippen LogP contribution is -2.17. The summed E-state index contributed by atoms with van der Waals surface area (Å²) in [6, 6.07) is 6.77. The summed E-state index contributed by atoms with van der Waals surface area (Å²) < 4.78 is 5.31. The second kappa shape index (κ2) is 4.08. The molecule has 1 N–H and O–H groups in total. The lowest BCUT2D eigenvalue weighted by atomic mass is 10.0. The van der Waals surface area contributed by atoms with Gasteiger partial charge in [0, 0.05) is 23.1 Å². The van der Waals surface area contributed by atoms with Crippen LogP contribution in [0.4, 0.5) is 0 Å². The van der Waals surface area contributed by atoms with Gasteiger partial charge in [-0.1, -0.05) is 0 Å². The van der Waals surface area contributed by atoms with Crippen LogP contribution in [0.25, 0.3) is 10.9 Å². The molecule has 1 aromatic heterocycles. The van der Waals surface area contributed by atoms with Crippen molar-refractivity contribution in [3.63, 3.8) is 0 Å². The van der Waals surface area contributed by atoms with E-state index < -0.39 is 0 Å². The summed E-state index contributed by atoms with van der Waals surface area (Å²) in [6.45, 7) is 1.20. The van der Waals surface area contributed by atoms with Crippen molar-refractivity contribution < 1.29 is 4.74 Å². The molecular weight excluding hydrogens is 212 g/mol. The van der Waals surface area contributed by atoms with E-state index in [2.05, 4.69) is 35.3 Å². The minimum absolute atomic E-state index is 0.552. The molecule has 1 aromatic carbocycles. The summed E-state index contributed by atoms with van der Waals surface area (Å²) in [7, 11) is 3.92. The number of benzene rings is 1. The molecule has 1 aliphatic heterocycles. The van der Waals surface area contributed by atoms with E-state index in [1.807, 2.05) is 6.07 Å². The van der Waals surface area contributed by atoms with Gasteiger partial charge >= 0.3 is 0 Å². The van der Waals surface area contributed by atoms with E-state index in [4.69, 9.17) is 4.74 Å². The van der Waals surface area contributed by atoms with Crippen LogP contribution in [0.5, 0.6) is 5.75 Å². The Morgan fingerprint density at radius 1 is 1.41 bits per heavy atom. The molecule has 1 aliphatic rings. The molecule has 0 amide bonds. The molecular formula is C14H18N2O. The Bertz CT molecular complexity index is 532. The van der Waals surface area contributed by atoms with Gasteiger partial charge in [-0.15, -0.1) is 0 Å². The second-order valence-corrected chi connectivity index (χ2v) is 4.79. The zero-order valence-corrected chi connectivity index (χ0v) is 10.4. The number of rotatable bonds is 2. The van der Waals surface area contributed by atoms with Gasteiger partial charge in [0.1, 0.15) is 5.75 Å². The Morgan fingerprint density at radius 2 is 2.29 bits per heavy atom. The molecule has 0 radical (unpaired) electrons. The number of aromatic amines is 1. The maximum Gasteiger partial charge on any atom is 0.119 e. The number of aromatic nitrogens is 1. The first-order valence-corrected chi connectivity index (χ1v) is 6.15. The number of nitrogens with zero attached hydrogens (tertiary/aromatic N) is 1. The van der Waals surface area contributed by atoms with Gasteiger partial charge in [0.2, 0.25) is 0 Å². The van der Waals surface area contributed by atoms with Gasteiger partial charge in [-0.2, -0.15) is 0 Å². The molecule has 3 nitrogen and oxygen atoms in total. The van der Waals surface area contributed by atoms with Gasteiger partial charge in [-0.3, -0.25) is 4.90 Å². The summed E-state index contributed by atoms with van der Waals surface area (Å²) in [5, 5.41) is 1.29. The molecule has 0 spiro atoms. The fourth-order valence-corrected chi connectivity index (χ4v) is 2.83. The molecule has 2 aromatic rings. The standard InChI is InChI=1S/C14H18N2O/c1-16-7-3-4-14(16)12-9-15-13-6-5-10(17-2)8-11(12)13/h5-6,8-9,14-15H,3-4,7H2,1-2H3/t14-/m0/s1. The number of nitrogens with one attached hydrogen (secondary N) is 1. The Morgan fingerprint density at radius 3 is 3.00 bits per heavy atom. The topological polar surface area (TPSA) is 28.3 Å². The number of ether oxygens (including phenoxy) is 1. The Labute approximate surface area is 101 Å². The number of methoxy groups -OCH3 is 1. The van der Waals surface area contributed by atoms with Crippen molar-refractivity contribution in [2.24, 2.45) is 0 Å². The maximum absolute atomic E-state index is 5.31. The van der Waals surface area contributed by atoms with Crippen molar-refractivity contribution in [1.29, 1.82) is 0 Å². The largest absolute Gasteiger partial charge is 0.497 e. The average Bonchev–Trinajstić information content (AvgIpc) is 2.94. The normalized spacial score (nSPS) is 21.2. The molecule has 2 heterocycles. The van der Waals surface area contributed by atoms with E-state index in [1.165, 1.54) is 35.9 Å². The first-order chi connectivity index (χ1) is 8.29. The van der Waals surface area contributed by atoms with Crippen molar-refractivity contribution in [3.8, 4) is 5.75 Å². The highest BCUT2D eigenvalue weighted by Gasteiger charge is 2.24. The maximum atomic E-state index is 5.31. The Balaban J connectivity index is 2.09. The molecule has 0 aliphatic carbocycles. The number of H-pyrrole nitrogens is 1. The number of hydrogen-bond acceptors (Lipinski definition) is 2. The second-order valence-electron chi connectivity index (χ2n) is 4.79. The van der Waals surface area contributed by atoms with Crippen LogP contribution < -0.4 is 4.74 Å². The van der Waals surface area contributed by atoms with Gasteiger partial charge in [0.05, 0.1) is 7.11 Å². The van der Waals surface area contributed by atoms with Crippen LogP contribution >= 0.6 is 0 Å². The van der Waals surface area contributed by atoms with Gasteiger partial charge in [0.25, 0.3) is 0 Å². The fourth-order valence-electron chi connectivity index (χ4n) is 2.83. The number of hydrogen-bond donors (Lipinski definition) is 1. The van der Waals surface area contributed by atoms with Gasteiger partial charge < -0.3 is 9.72 Å². The first-order valence-electron chi connectivity index (χ1n) is 6.15. The highest BCUT2D eigenvalue weighted by atomic mass is 16.5. The van der Waals surface area contributed by atoms with E-state index in [9.17, 15) is 0 Å². The first kappa shape index (κ1) is 10.7. The number of fused-ring (bicyclic) bond motifs is 1. The van der Waals surface area contributed by atoms with Crippen LogP contribution in [-0.4, -0.2) is 30.6 Å². The summed E-state index contributed by atoms with van der Waals surface area (Å²) in [6.07, 6.45) is 4.69. The Hall–Kier alpha value is -1.48. The zero-order chi connectivity index (χ0) is 11.8. The smallest absolute Gasteiger partial charge is 0.119 e. The van der Waals surface area contributed by atoms with Crippen molar-refractivity contribution in [3.05, 3.63) is 30.0 Å². The third-order valence-corrected chi connectivity index (χ3v) is 3.80. The third kappa shape index (κ3) is 1.71. The van der Waals surface area contributed by atoms with E-state index in [-0.39, 0.29) is 0 Å². The zero-order valence-electron chi connectivity index (χ0n) is 10.4. The lowest BCUT2D eigenvalue weighted by molar-refractivity contribution is 0.319. The summed E-state index contributed by atoms with van der Waals surface area (Å²) in [5.41, 5.74) is 2.60. The molecule has 1 saturated heterocycles. The third-order valence-electron chi connectivity index (χ3n) is 3.80. The van der Waals surface area contributed by atoms with Crippen molar-refractivity contribution >= 4 is 10.9 Å². The van der Waals surface area contributed by atoms with Gasteiger partial charge in [-0.05, 0) is 50.2 Å². The molecule has 0 saturated carbocycles. The molecule has 1 fully saturated rings. The van der Waals surface area contributed by atoms with E-state index in [1.54, 1.807) is 7.11 Å².